The fourth-order valence-corrected chi connectivity index (χ4v) is 7.25. The maximum absolute atomic E-state index is 5.32. The van der Waals surface area contributed by atoms with Crippen LogP contribution < -0.4 is 0 Å². The quantitative estimate of drug-likeness (QED) is 0.205. The van der Waals surface area contributed by atoms with Crippen LogP contribution in [0.1, 0.15) is 25.0 Å². The summed E-state index contributed by atoms with van der Waals surface area (Å²) < 4.78 is 2.35. The molecule has 5 aromatic carbocycles. The summed E-state index contributed by atoms with van der Waals surface area (Å²) in [6.45, 7) is 4.58. The number of hydrogen-bond acceptors (Lipinski definition) is 3. The van der Waals surface area contributed by atoms with Crippen molar-refractivity contribution in [2.24, 2.45) is 0 Å². The van der Waals surface area contributed by atoms with E-state index in [1.165, 1.54) is 38.5 Å². The minimum Gasteiger partial charge on any atom is -0.309 e. The minimum atomic E-state index is -0.242. The summed E-state index contributed by atoms with van der Waals surface area (Å²) in [5.74, 6) is 0.722. The maximum atomic E-state index is 5.32. The van der Waals surface area contributed by atoms with E-state index in [4.69, 9.17) is 9.97 Å². The second kappa shape index (κ2) is 10.1. The van der Waals surface area contributed by atoms with E-state index in [1.807, 2.05) is 24.4 Å². The number of aromatic nitrogens is 4. The van der Waals surface area contributed by atoms with Crippen LogP contribution in [-0.4, -0.2) is 19.5 Å². The Labute approximate surface area is 267 Å². The SMILES string of the molecule is CC1(C)c2ccccc2-c2nc(-c3ccc(-c4ccccn4)cc3)nc(-c3ccc(-n4c5ccccc5c5ccccc54)cc3)c21. The summed E-state index contributed by atoms with van der Waals surface area (Å²) in [6.07, 6.45) is 1.82. The van der Waals surface area contributed by atoms with E-state index >= 15 is 0 Å². The molecule has 4 nitrogen and oxygen atoms in total. The zero-order valence-corrected chi connectivity index (χ0v) is 25.6. The highest BCUT2D eigenvalue weighted by atomic mass is 15.0. The molecule has 1 aliphatic rings. The standard InChI is InChI=1S/C42H30N4/c1-42(2)34-14-6-3-13-33(34)40-38(42)39(44-41(45-40)29-20-18-27(19-21-29)35-15-9-10-26-43-35)28-22-24-30(25-23-28)46-36-16-7-4-11-31(36)32-12-5-8-17-37(32)46/h3-26H,1-2H3. The molecule has 0 aliphatic heterocycles. The van der Waals surface area contributed by atoms with Crippen LogP contribution in [0.15, 0.2) is 146 Å². The van der Waals surface area contributed by atoms with Crippen molar-refractivity contribution >= 4 is 21.8 Å². The summed E-state index contributed by atoms with van der Waals surface area (Å²) >= 11 is 0. The van der Waals surface area contributed by atoms with Crippen molar-refractivity contribution in [1.82, 2.24) is 19.5 Å². The van der Waals surface area contributed by atoms with E-state index in [1.54, 1.807) is 0 Å². The maximum Gasteiger partial charge on any atom is 0.160 e. The fraction of sp³-hybridized carbons (Fsp3) is 0.0714. The van der Waals surface area contributed by atoms with Gasteiger partial charge in [0.15, 0.2) is 5.82 Å². The van der Waals surface area contributed by atoms with Gasteiger partial charge in [0.1, 0.15) is 0 Å². The van der Waals surface area contributed by atoms with Crippen molar-refractivity contribution < 1.29 is 0 Å². The molecule has 3 heterocycles. The summed E-state index contributed by atoms with van der Waals surface area (Å²) in [5, 5.41) is 2.52. The first-order valence-corrected chi connectivity index (χ1v) is 15.7. The zero-order chi connectivity index (χ0) is 30.8. The van der Waals surface area contributed by atoms with Crippen molar-refractivity contribution in [2.75, 3.05) is 0 Å². The highest BCUT2D eigenvalue weighted by Gasteiger charge is 2.40. The van der Waals surface area contributed by atoms with Gasteiger partial charge in [0, 0.05) is 55.9 Å². The van der Waals surface area contributed by atoms with Crippen LogP contribution >= 0.6 is 0 Å². The summed E-state index contributed by atoms with van der Waals surface area (Å²) in [7, 11) is 0. The van der Waals surface area contributed by atoms with Crippen molar-refractivity contribution in [3.8, 4) is 50.8 Å². The third-order valence-electron chi connectivity index (χ3n) is 9.47. The summed E-state index contributed by atoms with van der Waals surface area (Å²) in [4.78, 5) is 15.1. The Morgan fingerprint density at radius 1 is 0.522 bits per heavy atom. The average Bonchev–Trinajstić information content (AvgIpc) is 3.57. The molecular weight excluding hydrogens is 560 g/mol. The molecule has 0 amide bonds. The van der Waals surface area contributed by atoms with E-state index in [9.17, 15) is 0 Å². The van der Waals surface area contributed by atoms with Gasteiger partial charge in [-0.2, -0.15) is 0 Å². The smallest absolute Gasteiger partial charge is 0.160 e. The third kappa shape index (κ3) is 3.97. The van der Waals surface area contributed by atoms with Gasteiger partial charge >= 0.3 is 0 Å². The van der Waals surface area contributed by atoms with Crippen LogP contribution in [0, 0.1) is 0 Å². The molecule has 0 fully saturated rings. The molecule has 9 rings (SSSR count). The average molecular weight is 591 g/mol. The zero-order valence-electron chi connectivity index (χ0n) is 25.6. The van der Waals surface area contributed by atoms with Gasteiger partial charge in [0.25, 0.3) is 0 Å². The third-order valence-corrected chi connectivity index (χ3v) is 9.47. The van der Waals surface area contributed by atoms with Crippen LogP contribution in [0.25, 0.3) is 72.7 Å². The number of benzene rings is 5. The molecule has 0 bridgehead atoms. The Hall–Kier alpha value is -5.87. The monoisotopic (exact) mass is 590 g/mol. The van der Waals surface area contributed by atoms with E-state index in [0.29, 0.717) is 0 Å². The van der Waals surface area contributed by atoms with Crippen LogP contribution in [0.5, 0.6) is 0 Å². The molecule has 218 valence electrons. The van der Waals surface area contributed by atoms with E-state index in [0.717, 1.165) is 45.3 Å². The Balaban J connectivity index is 1.21. The molecular formula is C42H30N4. The van der Waals surface area contributed by atoms with Crippen LogP contribution in [0.3, 0.4) is 0 Å². The number of para-hydroxylation sites is 2. The molecule has 0 unspecified atom stereocenters. The molecule has 0 N–H and O–H groups in total. The van der Waals surface area contributed by atoms with E-state index in [2.05, 4.69) is 145 Å². The second-order valence-corrected chi connectivity index (χ2v) is 12.5. The predicted molar refractivity (Wildman–Crippen MR) is 188 cm³/mol. The van der Waals surface area contributed by atoms with E-state index < -0.39 is 0 Å². The fourth-order valence-electron chi connectivity index (χ4n) is 7.25. The molecule has 0 radical (unpaired) electrons. The number of nitrogens with zero attached hydrogens (tertiary/aromatic N) is 4. The Morgan fingerprint density at radius 3 is 1.80 bits per heavy atom. The highest BCUT2D eigenvalue weighted by Crippen LogP contribution is 2.51. The van der Waals surface area contributed by atoms with Crippen LogP contribution in [0.2, 0.25) is 0 Å². The van der Waals surface area contributed by atoms with Gasteiger partial charge in [-0.1, -0.05) is 117 Å². The highest BCUT2D eigenvalue weighted by molar-refractivity contribution is 6.09. The summed E-state index contributed by atoms with van der Waals surface area (Å²) in [5.41, 5.74) is 13.0. The lowest BCUT2D eigenvalue weighted by molar-refractivity contribution is 0.658. The molecule has 8 aromatic rings. The Kier molecular flexibility index (Phi) is 5.81. The first-order valence-electron chi connectivity index (χ1n) is 15.7. The molecule has 0 saturated heterocycles. The van der Waals surface area contributed by atoms with Gasteiger partial charge in [-0.25, -0.2) is 9.97 Å². The lowest BCUT2D eigenvalue weighted by Gasteiger charge is -2.24. The minimum absolute atomic E-state index is 0.242. The van der Waals surface area contributed by atoms with Gasteiger partial charge < -0.3 is 4.57 Å². The van der Waals surface area contributed by atoms with Gasteiger partial charge in [-0.3, -0.25) is 4.98 Å². The van der Waals surface area contributed by atoms with Crippen molar-refractivity contribution in [3.05, 3.63) is 157 Å². The lowest BCUT2D eigenvalue weighted by atomic mass is 9.81. The molecule has 3 aromatic heterocycles. The molecule has 0 atom stereocenters. The molecule has 46 heavy (non-hydrogen) atoms. The number of rotatable bonds is 4. The molecule has 4 heteroatoms. The molecule has 0 spiro atoms. The lowest BCUT2D eigenvalue weighted by Crippen LogP contribution is -2.17. The van der Waals surface area contributed by atoms with Crippen LogP contribution in [-0.2, 0) is 5.41 Å². The molecule has 1 aliphatic carbocycles. The van der Waals surface area contributed by atoms with Gasteiger partial charge in [0.05, 0.1) is 28.1 Å². The first-order chi connectivity index (χ1) is 22.6. The van der Waals surface area contributed by atoms with Crippen molar-refractivity contribution in [2.45, 2.75) is 19.3 Å². The van der Waals surface area contributed by atoms with Gasteiger partial charge in [0.2, 0.25) is 0 Å². The van der Waals surface area contributed by atoms with Crippen molar-refractivity contribution in [1.29, 1.82) is 0 Å². The Morgan fingerprint density at radius 2 is 1.11 bits per heavy atom. The normalized spacial score (nSPS) is 13.2. The van der Waals surface area contributed by atoms with Crippen LogP contribution in [0.4, 0.5) is 0 Å². The summed E-state index contributed by atoms with van der Waals surface area (Å²) in [6, 6.07) is 49.2. The Bertz CT molecular complexity index is 2370. The molecule has 0 saturated carbocycles. The number of hydrogen-bond donors (Lipinski definition) is 0. The predicted octanol–water partition coefficient (Wildman–Crippen LogP) is 10.3. The van der Waals surface area contributed by atoms with Crippen molar-refractivity contribution in [3.63, 3.8) is 0 Å². The first kappa shape index (κ1) is 26.5. The topological polar surface area (TPSA) is 43.6 Å². The number of fused-ring (bicyclic) bond motifs is 6. The number of pyridine rings is 1. The van der Waals surface area contributed by atoms with E-state index in [-0.39, 0.29) is 5.41 Å². The largest absolute Gasteiger partial charge is 0.309 e. The van der Waals surface area contributed by atoms with Gasteiger partial charge in [-0.05, 0) is 42.0 Å². The van der Waals surface area contributed by atoms with Gasteiger partial charge in [-0.15, -0.1) is 0 Å². The second-order valence-electron chi connectivity index (χ2n) is 12.5.